The number of fused-ring (bicyclic) bond motifs is 1. The number of ether oxygens (including phenoxy) is 3. The van der Waals surface area contributed by atoms with E-state index in [4.69, 9.17) is 14.2 Å². The number of nitriles is 1. The number of para-hydroxylation sites is 1. The number of carbonyl (C=O) groups excluding carboxylic acids is 2. The smallest absolute Gasteiger partial charge is 0.407 e. The number of nitrogens with one attached hydrogen (secondary N) is 3. The molecule has 234 valence electrons. The van der Waals surface area contributed by atoms with Crippen molar-refractivity contribution in [3.63, 3.8) is 0 Å². The summed E-state index contributed by atoms with van der Waals surface area (Å²) in [5.41, 5.74) is 4.69. The molecule has 1 aliphatic rings. The molecule has 1 fully saturated rings. The molecule has 0 radical (unpaired) electrons. The van der Waals surface area contributed by atoms with Crippen LogP contribution in [0.25, 0.3) is 22.0 Å². The molecule has 0 saturated carbocycles. The van der Waals surface area contributed by atoms with Crippen molar-refractivity contribution < 1.29 is 23.8 Å². The fraction of sp³-hybridized carbons (Fsp3) is 0.343. The molecule has 0 bridgehead atoms. The molecule has 10 nitrogen and oxygen atoms in total. The van der Waals surface area contributed by atoms with Crippen LogP contribution < -0.4 is 15.5 Å². The van der Waals surface area contributed by atoms with Gasteiger partial charge in [-0.05, 0) is 74.2 Å². The number of morpholine rings is 1. The number of aromatic amines is 1. The lowest BCUT2D eigenvalue weighted by Gasteiger charge is -2.29. The van der Waals surface area contributed by atoms with Crippen LogP contribution in [0, 0.1) is 11.3 Å². The molecule has 4 aromatic rings. The first-order valence-corrected chi connectivity index (χ1v) is 15.0. The van der Waals surface area contributed by atoms with Gasteiger partial charge in [0, 0.05) is 41.6 Å². The van der Waals surface area contributed by atoms with Crippen LogP contribution in [0.15, 0.2) is 72.9 Å². The maximum atomic E-state index is 13.0. The summed E-state index contributed by atoms with van der Waals surface area (Å²) in [5.74, 6) is -0.548. The highest BCUT2D eigenvalue weighted by Gasteiger charge is 2.29. The summed E-state index contributed by atoms with van der Waals surface area (Å²) in [5, 5.41) is 17.5. The van der Waals surface area contributed by atoms with Crippen molar-refractivity contribution in [3.05, 3.63) is 84.1 Å². The summed E-state index contributed by atoms with van der Waals surface area (Å²) in [6.45, 7) is 8.33. The first-order valence-electron chi connectivity index (χ1n) is 15.0. The molecule has 1 aromatic heterocycles. The summed E-state index contributed by atoms with van der Waals surface area (Å²) >= 11 is 0. The Bertz CT molecular complexity index is 1700. The van der Waals surface area contributed by atoms with Crippen molar-refractivity contribution in [2.24, 2.45) is 0 Å². The number of methoxy groups -OCH3 is 1. The predicted octanol–water partition coefficient (Wildman–Crippen LogP) is 5.90. The molecule has 1 saturated heterocycles. The number of H-pyrrole nitrogens is 1. The minimum atomic E-state index is -0.926. The van der Waals surface area contributed by atoms with Gasteiger partial charge in [0.15, 0.2) is 0 Å². The van der Waals surface area contributed by atoms with Gasteiger partial charge in [-0.1, -0.05) is 36.4 Å². The topological polar surface area (TPSA) is 129 Å². The van der Waals surface area contributed by atoms with E-state index in [0.29, 0.717) is 25.3 Å². The minimum Gasteiger partial charge on any atom is -0.465 e. The number of esters is 1. The summed E-state index contributed by atoms with van der Waals surface area (Å²) in [7, 11) is 1.32. The summed E-state index contributed by atoms with van der Waals surface area (Å²) < 4.78 is 16.2. The standard InChI is InChI=1S/C35H39N5O5/c1-35(2,3)45-34(42)39-31(20-25-22-37-29-11-6-5-10-27(25)29)32(21-36)38-30-13-12-24(19-28(30)33(41)43-4)23-8-7-9-26(18-23)40-14-16-44-17-15-40/h5-13,18-19,22,31-32,37-38H,14-17,20H2,1-4H3,(H,39,42)/t31-,32?/m0/s1. The van der Waals surface area contributed by atoms with Crippen molar-refractivity contribution in [2.45, 2.75) is 44.9 Å². The number of nitrogens with zero attached hydrogens (tertiary/aromatic N) is 2. The SMILES string of the molecule is COC(=O)c1cc(-c2cccc(N3CCOCC3)c2)ccc1NC(C#N)[C@H](Cc1c[nH]c2ccccc12)NC(=O)OC(C)(C)C. The van der Waals surface area contributed by atoms with Gasteiger partial charge in [-0.2, -0.15) is 5.26 Å². The van der Waals surface area contributed by atoms with Crippen LogP contribution in [0.4, 0.5) is 16.2 Å². The van der Waals surface area contributed by atoms with Crippen LogP contribution >= 0.6 is 0 Å². The average Bonchev–Trinajstić information content (AvgIpc) is 3.45. The van der Waals surface area contributed by atoms with Gasteiger partial charge in [0.2, 0.25) is 0 Å². The van der Waals surface area contributed by atoms with E-state index in [2.05, 4.69) is 38.7 Å². The number of hydrogen-bond donors (Lipinski definition) is 3. The third-order valence-corrected chi connectivity index (χ3v) is 7.65. The van der Waals surface area contributed by atoms with Crippen molar-refractivity contribution >= 4 is 34.3 Å². The van der Waals surface area contributed by atoms with Crippen molar-refractivity contribution in [3.8, 4) is 17.2 Å². The maximum absolute atomic E-state index is 13.0. The lowest BCUT2D eigenvalue weighted by atomic mass is 9.97. The van der Waals surface area contributed by atoms with Crippen molar-refractivity contribution in [1.29, 1.82) is 5.26 Å². The van der Waals surface area contributed by atoms with E-state index in [9.17, 15) is 14.9 Å². The highest BCUT2D eigenvalue weighted by Crippen LogP contribution is 2.30. The zero-order chi connectivity index (χ0) is 32.0. The zero-order valence-electron chi connectivity index (χ0n) is 26.1. The Hall–Kier alpha value is -5.01. The third-order valence-electron chi connectivity index (χ3n) is 7.65. The molecule has 10 heteroatoms. The molecule has 0 spiro atoms. The molecular weight excluding hydrogens is 570 g/mol. The fourth-order valence-electron chi connectivity index (χ4n) is 5.47. The minimum absolute atomic E-state index is 0.273. The van der Waals surface area contributed by atoms with Crippen molar-refractivity contribution in [1.82, 2.24) is 10.3 Å². The second-order valence-corrected chi connectivity index (χ2v) is 12.0. The van der Waals surface area contributed by atoms with E-state index < -0.39 is 29.7 Å². The van der Waals surface area contributed by atoms with Gasteiger partial charge in [-0.3, -0.25) is 0 Å². The second kappa shape index (κ2) is 13.7. The fourth-order valence-corrected chi connectivity index (χ4v) is 5.47. The van der Waals surface area contributed by atoms with Crippen LogP contribution in [0.2, 0.25) is 0 Å². The van der Waals surface area contributed by atoms with E-state index in [1.54, 1.807) is 32.9 Å². The largest absolute Gasteiger partial charge is 0.465 e. The number of rotatable bonds is 9. The second-order valence-electron chi connectivity index (χ2n) is 12.0. The summed E-state index contributed by atoms with van der Waals surface area (Å²) in [4.78, 5) is 31.5. The summed E-state index contributed by atoms with van der Waals surface area (Å²) in [6.07, 6.45) is 1.56. The number of benzene rings is 3. The Kier molecular flexibility index (Phi) is 9.59. The molecule has 1 unspecified atom stereocenters. The molecule has 1 amide bonds. The first-order chi connectivity index (χ1) is 21.6. The predicted molar refractivity (Wildman–Crippen MR) is 174 cm³/mol. The van der Waals surface area contributed by atoms with Gasteiger partial charge in [-0.25, -0.2) is 9.59 Å². The van der Waals surface area contributed by atoms with E-state index in [0.717, 1.165) is 46.4 Å². The Balaban J connectivity index is 1.45. The number of alkyl carbamates (subject to hydrolysis) is 1. The number of anilines is 2. The lowest BCUT2D eigenvalue weighted by Crippen LogP contribution is -2.49. The number of aromatic nitrogens is 1. The van der Waals surface area contributed by atoms with Gasteiger partial charge >= 0.3 is 12.1 Å². The lowest BCUT2D eigenvalue weighted by molar-refractivity contribution is 0.0501. The van der Waals surface area contributed by atoms with E-state index in [1.807, 2.05) is 48.7 Å². The Morgan fingerprint density at radius 3 is 2.53 bits per heavy atom. The van der Waals surface area contributed by atoms with Gasteiger partial charge < -0.3 is 34.7 Å². The Labute approximate surface area is 263 Å². The molecular formula is C35H39N5O5. The molecule has 1 aliphatic heterocycles. The van der Waals surface area contributed by atoms with Crippen LogP contribution in [0.3, 0.4) is 0 Å². The van der Waals surface area contributed by atoms with Gasteiger partial charge in [0.25, 0.3) is 0 Å². The zero-order valence-corrected chi connectivity index (χ0v) is 26.1. The average molecular weight is 610 g/mol. The van der Waals surface area contributed by atoms with Crippen LogP contribution in [-0.2, 0) is 20.6 Å². The van der Waals surface area contributed by atoms with E-state index >= 15 is 0 Å². The van der Waals surface area contributed by atoms with E-state index in [-0.39, 0.29) is 5.56 Å². The van der Waals surface area contributed by atoms with Crippen LogP contribution in [0.5, 0.6) is 0 Å². The normalized spacial score (nSPS) is 14.7. The molecule has 3 N–H and O–H groups in total. The van der Waals surface area contributed by atoms with Gasteiger partial charge in [-0.15, -0.1) is 0 Å². The van der Waals surface area contributed by atoms with E-state index in [1.165, 1.54) is 7.11 Å². The number of hydrogen-bond acceptors (Lipinski definition) is 8. The van der Waals surface area contributed by atoms with Gasteiger partial charge in [0.1, 0.15) is 11.6 Å². The molecule has 2 heterocycles. The molecule has 5 rings (SSSR count). The highest BCUT2D eigenvalue weighted by molar-refractivity contribution is 5.97. The third kappa shape index (κ3) is 7.75. The van der Waals surface area contributed by atoms with Crippen LogP contribution in [0.1, 0.15) is 36.7 Å². The number of amides is 1. The molecule has 3 aromatic carbocycles. The Morgan fingerprint density at radius 1 is 1.04 bits per heavy atom. The highest BCUT2D eigenvalue weighted by atomic mass is 16.6. The molecule has 0 aliphatic carbocycles. The first kappa shape index (κ1) is 31.4. The number of carbonyl (C=O) groups is 2. The monoisotopic (exact) mass is 609 g/mol. The van der Waals surface area contributed by atoms with Crippen molar-refractivity contribution in [2.75, 3.05) is 43.6 Å². The molecule has 45 heavy (non-hydrogen) atoms. The summed E-state index contributed by atoms with van der Waals surface area (Å²) in [6, 6.07) is 22.1. The quantitative estimate of drug-likeness (QED) is 0.200. The maximum Gasteiger partial charge on any atom is 0.407 e. The van der Waals surface area contributed by atoms with Crippen LogP contribution in [-0.4, -0.2) is 68.1 Å². The van der Waals surface area contributed by atoms with Gasteiger partial charge in [0.05, 0.1) is 38.0 Å². The Morgan fingerprint density at radius 2 is 1.80 bits per heavy atom. The molecule has 2 atom stereocenters.